The second kappa shape index (κ2) is 69.4. The summed E-state index contributed by atoms with van der Waals surface area (Å²) in [6.45, 7) is 4.37. The average molecular weight is 1080 g/mol. The van der Waals surface area contributed by atoms with Crippen molar-refractivity contribution in [1.29, 1.82) is 0 Å². The monoisotopic (exact) mass is 1080 g/mol. The Kier molecular flexibility index (Phi) is 68.6. The Balaban J connectivity index is 3.38. The van der Waals surface area contributed by atoms with E-state index in [1.165, 1.54) is 385 Å². The van der Waals surface area contributed by atoms with E-state index in [2.05, 4.69) is 19.2 Å². The minimum absolute atomic E-state index is 0.0525. The molecule has 0 bridgehead atoms. The van der Waals surface area contributed by atoms with Gasteiger partial charge in [-0.3, -0.25) is 4.79 Å². The lowest BCUT2D eigenvalue weighted by Crippen LogP contribution is -2.45. The quantitative estimate of drug-likeness (QED) is 0.0420. The summed E-state index contributed by atoms with van der Waals surface area (Å²) in [7, 11) is 0. The first-order valence-electron chi connectivity index (χ1n) is 36.4. The molecule has 0 aromatic carbocycles. The molecule has 0 saturated heterocycles. The van der Waals surface area contributed by atoms with E-state index >= 15 is 0 Å². The maximum Gasteiger partial charge on any atom is 0.220 e. The molecule has 0 aliphatic carbocycles. The van der Waals surface area contributed by atoms with E-state index in [4.69, 9.17) is 0 Å². The van der Waals surface area contributed by atoms with Crippen molar-refractivity contribution in [1.82, 2.24) is 5.32 Å². The third-order valence-corrected chi connectivity index (χ3v) is 17.5. The number of nitrogens with one attached hydrogen (secondary N) is 1. The van der Waals surface area contributed by atoms with Crippen LogP contribution in [-0.2, 0) is 4.79 Å². The van der Waals surface area contributed by atoms with Crippen molar-refractivity contribution in [3.8, 4) is 0 Å². The maximum absolute atomic E-state index is 12.5. The first-order chi connectivity index (χ1) is 38.2. The van der Waals surface area contributed by atoms with Crippen molar-refractivity contribution in [2.45, 2.75) is 443 Å². The van der Waals surface area contributed by atoms with Crippen molar-refractivity contribution in [3.63, 3.8) is 0 Å². The molecule has 0 aromatic heterocycles. The summed E-state index contributed by atoms with van der Waals surface area (Å²) in [5.74, 6) is -0.0525. The molecule has 0 aromatic rings. The van der Waals surface area contributed by atoms with E-state index < -0.39 is 12.1 Å². The normalized spacial score (nSPS) is 12.6. The van der Waals surface area contributed by atoms with Gasteiger partial charge in [0.2, 0.25) is 5.91 Å². The molecule has 2 atom stereocenters. The van der Waals surface area contributed by atoms with Crippen LogP contribution in [0.3, 0.4) is 0 Å². The number of aliphatic hydroxyl groups is 2. The lowest BCUT2D eigenvalue weighted by Gasteiger charge is -2.20. The molecule has 4 heteroatoms. The Morgan fingerprint density at radius 1 is 0.299 bits per heavy atom. The zero-order valence-corrected chi connectivity index (χ0v) is 53.3. The highest BCUT2D eigenvalue weighted by Gasteiger charge is 2.18. The Hall–Kier alpha value is -0.870. The number of aliphatic hydroxyl groups excluding tert-OH is 2. The van der Waals surface area contributed by atoms with Gasteiger partial charge in [0.15, 0.2) is 0 Å². The predicted octanol–water partition coefficient (Wildman–Crippen LogP) is 24.8. The second-order valence-electron chi connectivity index (χ2n) is 25.4. The first-order valence-corrected chi connectivity index (χ1v) is 36.4. The smallest absolute Gasteiger partial charge is 0.220 e. The van der Waals surface area contributed by atoms with Gasteiger partial charge in [0.05, 0.1) is 18.8 Å². The first kappa shape index (κ1) is 76.1. The highest BCUT2D eigenvalue weighted by molar-refractivity contribution is 5.76. The molecular formula is C73H145NO3. The summed E-state index contributed by atoms with van der Waals surface area (Å²) >= 11 is 0. The fourth-order valence-electron chi connectivity index (χ4n) is 12.0. The van der Waals surface area contributed by atoms with Crippen LogP contribution in [0.4, 0.5) is 0 Å². The van der Waals surface area contributed by atoms with Crippen LogP contribution in [0.2, 0.25) is 0 Å². The van der Waals surface area contributed by atoms with Crippen molar-refractivity contribution < 1.29 is 15.0 Å². The molecule has 3 N–H and O–H groups in total. The zero-order chi connectivity index (χ0) is 55.5. The number of hydrogen-bond donors (Lipinski definition) is 3. The van der Waals surface area contributed by atoms with E-state index in [1.54, 1.807) is 6.08 Å². The van der Waals surface area contributed by atoms with Gasteiger partial charge in [0.25, 0.3) is 0 Å². The van der Waals surface area contributed by atoms with E-state index in [-0.39, 0.29) is 12.5 Å². The predicted molar refractivity (Wildman–Crippen MR) is 346 cm³/mol. The van der Waals surface area contributed by atoms with Crippen molar-refractivity contribution in [2.24, 2.45) is 0 Å². The van der Waals surface area contributed by atoms with Crippen LogP contribution in [0.1, 0.15) is 431 Å². The third-order valence-electron chi connectivity index (χ3n) is 17.5. The fourth-order valence-corrected chi connectivity index (χ4v) is 12.0. The molecule has 0 saturated carbocycles. The molecule has 0 heterocycles. The Morgan fingerprint density at radius 3 is 0.675 bits per heavy atom. The van der Waals surface area contributed by atoms with Crippen LogP contribution in [0.5, 0.6) is 0 Å². The van der Waals surface area contributed by atoms with Crippen LogP contribution in [-0.4, -0.2) is 34.9 Å². The molecule has 0 radical (unpaired) electrons. The van der Waals surface area contributed by atoms with Gasteiger partial charge >= 0.3 is 0 Å². The maximum atomic E-state index is 12.5. The molecular weight excluding hydrogens is 939 g/mol. The second-order valence-corrected chi connectivity index (χ2v) is 25.4. The van der Waals surface area contributed by atoms with E-state index in [0.29, 0.717) is 6.42 Å². The molecule has 0 aliphatic heterocycles. The van der Waals surface area contributed by atoms with E-state index in [9.17, 15) is 15.0 Å². The highest BCUT2D eigenvalue weighted by Crippen LogP contribution is 2.20. The average Bonchev–Trinajstić information content (AvgIpc) is 3.43. The Labute approximate surface area is 486 Å². The van der Waals surface area contributed by atoms with Gasteiger partial charge in [0.1, 0.15) is 0 Å². The summed E-state index contributed by atoms with van der Waals surface area (Å²) in [6.07, 6.45) is 93.3. The van der Waals surface area contributed by atoms with Crippen LogP contribution in [0.25, 0.3) is 0 Å². The van der Waals surface area contributed by atoms with E-state index in [1.807, 2.05) is 6.08 Å². The zero-order valence-electron chi connectivity index (χ0n) is 53.3. The Morgan fingerprint density at radius 2 is 0.481 bits per heavy atom. The van der Waals surface area contributed by atoms with Crippen LogP contribution in [0, 0.1) is 0 Å². The number of allylic oxidation sites excluding steroid dienone is 1. The van der Waals surface area contributed by atoms with Gasteiger partial charge in [-0.2, -0.15) is 0 Å². The largest absolute Gasteiger partial charge is 0.394 e. The minimum Gasteiger partial charge on any atom is -0.394 e. The molecule has 4 nitrogen and oxygen atoms in total. The van der Waals surface area contributed by atoms with E-state index in [0.717, 1.165) is 25.7 Å². The standard InChI is InChI=1S/C73H145NO3/c1-3-5-7-9-11-13-15-17-19-21-23-25-27-29-31-33-35-37-39-41-43-45-47-49-51-53-55-57-59-61-63-65-67-69-73(77)74-71(70-75)72(76)68-66-64-62-60-58-56-54-52-50-48-46-44-42-40-38-36-34-32-30-28-26-24-22-20-18-16-14-12-10-8-6-4-2/h66,68,71-72,75-76H,3-65,67,69-70H2,1-2H3,(H,74,77)/b68-66+. The molecule has 77 heavy (non-hydrogen) atoms. The minimum atomic E-state index is -0.837. The molecule has 1 amide bonds. The summed E-state index contributed by atoms with van der Waals surface area (Å²) in [4.78, 5) is 12.5. The summed E-state index contributed by atoms with van der Waals surface area (Å²) < 4.78 is 0. The number of unbranched alkanes of at least 4 members (excludes halogenated alkanes) is 62. The van der Waals surface area contributed by atoms with Gasteiger partial charge in [0, 0.05) is 6.42 Å². The number of hydrogen-bond acceptors (Lipinski definition) is 3. The molecule has 0 rings (SSSR count). The SMILES string of the molecule is CCCCCCCCCCCCCCCCCCCCCCCCCCCCCCCC/C=C/C(O)C(CO)NC(=O)CCCCCCCCCCCCCCCCCCCCCCCCCCCCCCCCCCC. The molecule has 2 unspecified atom stereocenters. The summed E-state index contributed by atoms with van der Waals surface area (Å²) in [5.41, 5.74) is 0. The Bertz CT molecular complexity index is 1090. The molecule has 0 fully saturated rings. The van der Waals surface area contributed by atoms with Gasteiger partial charge in [-0.15, -0.1) is 0 Å². The number of amides is 1. The van der Waals surface area contributed by atoms with Gasteiger partial charge in [-0.1, -0.05) is 418 Å². The summed E-state index contributed by atoms with van der Waals surface area (Å²) in [6, 6.07) is -0.620. The fraction of sp³-hybridized carbons (Fsp3) is 0.959. The van der Waals surface area contributed by atoms with Gasteiger partial charge in [-0.25, -0.2) is 0 Å². The van der Waals surface area contributed by atoms with Crippen LogP contribution >= 0.6 is 0 Å². The topological polar surface area (TPSA) is 69.6 Å². The number of carbonyl (C=O) groups is 1. The van der Waals surface area contributed by atoms with Crippen molar-refractivity contribution in [2.75, 3.05) is 6.61 Å². The lowest BCUT2D eigenvalue weighted by atomic mass is 10.0. The number of rotatable bonds is 69. The molecule has 460 valence electrons. The van der Waals surface area contributed by atoms with Gasteiger partial charge in [-0.05, 0) is 19.3 Å². The number of carbonyl (C=O) groups excluding carboxylic acids is 1. The molecule has 0 spiro atoms. The summed E-state index contributed by atoms with van der Waals surface area (Å²) in [5, 5.41) is 23.3. The van der Waals surface area contributed by atoms with Crippen LogP contribution < -0.4 is 5.32 Å². The lowest BCUT2D eigenvalue weighted by molar-refractivity contribution is -0.123. The third kappa shape index (κ3) is 65.8. The van der Waals surface area contributed by atoms with Crippen LogP contribution in [0.15, 0.2) is 12.2 Å². The molecule has 0 aliphatic rings. The van der Waals surface area contributed by atoms with Crippen molar-refractivity contribution in [3.05, 3.63) is 12.2 Å². The van der Waals surface area contributed by atoms with Gasteiger partial charge < -0.3 is 15.5 Å². The van der Waals surface area contributed by atoms with Crippen molar-refractivity contribution >= 4 is 5.91 Å². The highest BCUT2D eigenvalue weighted by atomic mass is 16.3.